The van der Waals surface area contributed by atoms with E-state index in [1.54, 1.807) is 26.3 Å². The van der Waals surface area contributed by atoms with Gasteiger partial charge in [-0.2, -0.15) is 0 Å². The fraction of sp³-hybridized carbons (Fsp3) is 0.588. The Morgan fingerprint density at radius 3 is 2.83 bits per heavy atom. The number of nitrogens with zero attached hydrogens (tertiary/aromatic N) is 2. The van der Waals surface area contributed by atoms with Crippen molar-refractivity contribution in [2.45, 2.75) is 51.7 Å². The third kappa shape index (κ3) is 4.84. The van der Waals surface area contributed by atoms with E-state index in [0.29, 0.717) is 12.4 Å². The van der Waals surface area contributed by atoms with Crippen LogP contribution in [0.15, 0.2) is 18.3 Å². The Kier molecular flexibility index (Phi) is 6.40. The van der Waals surface area contributed by atoms with E-state index in [9.17, 15) is 9.59 Å². The molecule has 1 aromatic rings. The van der Waals surface area contributed by atoms with Crippen LogP contribution in [0.2, 0.25) is 0 Å². The lowest BCUT2D eigenvalue weighted by atomic mass is 10.0. The highest BCUT2D eigenvalue weighted by Gasteiger charge is 2.27. The Hall–Kier alpha value is -2.31. The number of nitrogens with one attached hydrogen (secondary N) is 2. The molecule has 1 aliphatic heterocycles. The van der Waals surface area contributed by atoms with Crippen LogP contribution in [0.3, 0.4) is 0 Å². The van der Waals surface area contributed by atoms with Gasteiger partial charge >= 0.3 is 6.03 Å². The largest absolute Gasteiger partial charge is 0.481 e. The maximum absolute atomic E-state index is 12.4. The number of piperidine rings is 1. The molecule has 24 heavy (non-hydrogen) atoms. The summed E-state index contributed by atoms with van der Waals surface area (Å²) in [6.07, 6.45) is 4.85. The van der Waals surface area contributed by atoms with Crippen LogP contribution >= 0.6 is 0 Å². The summed E-state index contributed by atoms with van der Waals surface area (Å²) in [4.78, 5) is 30.4. The second-order valence-corrected chi connectivity index (χ2v) is 6.13. The minimum Gasteiger partial charge on any atom is -0.481 e. The van der Waals surface area contributed by atoms with Gasteiger partial charge < -0.3 is 20.3 Å². The predicted molar refractivity (Wildman–Crippen MR) is 90.6 cm³/mol. The molecule has 0 radical (unpaired) electrons. The molecule has 7 heteroatoms. The lowest BCUT2D eigenvalue weighted by Crippen LogP contribution is -2.53. The summed E-state index contributed by atoms with van der Waals surface area (Å²) in [5.41, 5.74) is 0.856. The first-order valence-corrected chi connectivity index (χ1v) is 8.35. The zero-order valence-corrected chi connectivity index (χ0v) is 14.5. The van der Waals surface area contributed by atoms with Gasteiger partial charge in [0.2, 0.25) is 11.8 Å². The molecule has 0 aromatic carbocycles. The number of carbonyl (C=O) groups excluding carboxylic acids is 2. The number of likely N-dealkylation sites (tertiary alicyclic amines) is 1. The zero-order valence-electron chi connectivity index (χ0n) is 14.5. The third-order valence-corrected chi connectivity index (χ3v) is 4.26. The first-order chi connectivity index (χ1) is 11.5. The maximum Gasteiger partial charge on any atom is 0.315 e. The predicted octanol–water partition coefficient (Wildman–Crippen LogP) is 1.68. The van der Waals surface area contributed by atoms with Crippen LogP contribution in [0.5, 0.6) is 5.88 Å². The van der Waals surface area contributed by atoms with Crippen LogP contribution in [-0.4, -0.2) is 47.6 Å². The lowest BCUT2D eigenvalue weighted by molar-refractivity contribution is -0.136. The molecule has 0 saturated carbocycles. The zero-order chi connectivity index (χ0) is 17.5. The summed E-state index contributed by atoms with van der Waals surface area (Å²) in [7, 11) is 1.55. The average molecular weight is 334 g/mol. The molecule has 1 fully saturated rings. The minimum atomic E-state index is -0.542. The first kappa shape index (κ1) is 18.0. The van der Waals surface area contributed by atoms with Crippen molar-refractivity contribution in [1.82, 2.24) is 20.5 Å². The molecule has 0 bridgehead atoms. The highest BCUT2D eigenvalue weighted by molar-refractivity contribution is 5.86. The molecule has 1 aliphatic rings. The van der Waals surface area contributed by atoms with Crippen LogP contribution in [0, 0.1) is 0 Å². The summed E-state index contributed by atoms with van der Waals surface area (Å²) < 4.78 is 4.99. The number of aromatic nitrogens is 1. The summed E-state index contributed by atoms with van der Waals surface area (Å²) >= 11 is 0. The number of urea groups is 1. The molecule has 2 N–H and O–H groups in total. The number of hydrogen-bond donors (Lipinski definition) is 2. The molecule has 1 saturated heterocycles. The van der Waals surface area contributed by atoms with Crippen LogP contribution < -0.4 is 15.4 Å². The topological polar surface area (TPSA) is 83.6 Å². The van der Waals surface area contributed by atoms with Gasteiger partial charge in [-0.15, -0.1) is 0 Å². The molecule has 3 amide bonds. The molecule has 2 rings (SSSR count). The fourth-order valence-corrected chi connectivity index (χ4v) is 2.80. The van der Waals surface area contributed by atoms with Crippen molar-refractivity contribution in [3.05, 3.63) is 23.9 Å². The van der Waals surface area contributed by atoms with Gasteiger partial charge in [-0.3, -0.25) is 4.79 Å². The van der Waals surface area contributed by atoms with Crippen LogP contribution in [0.25, 0.3) is 0 Å². The van der Waals surface area contributed by atoms with Crippen molar-refractivity contribution >= 4 is 11.9 Å². The highest BCUT2D eigenvalue weighted by atomic mass is 16.5. The van der Waals surface area contributed by atoms with Crippen molar-refractivity contribution in [2.24, 2.45) is 0 Å². The van der Waals surface area contributed by atoms with E-state index in [4.69, 9.17) is 4.74 Å². The third-order valence-electron chi connectivity index (χ3n) is 4.26. The van der Waals surface area contributed by atoms with Crippen LogP contribution in [0.1, 0.15) is 38.7 Å². The van der Waals surface area contributed by atoms with Crippen LogP contribution in [0.4, 0.5) is 4.79 Å². The van der Waals surface area contributed by atoms with E-state index < -0.39 is 6.04 Å². The maximum atomic E-state index is 12.4. The van der Waals surface area contributed by atoms with Crippen LogP contribution in [-0.2, 0) is 11.3 Å². The van der Waals surface area contributed by atoms with Gasteiger partial charge in [-0.1, -0.05) is 6.07 Å². The number of carbonyl (C=O) groups is 2. The van der Waals surface area contributed by atoms with Crippen molar-refractivity contribution < 1.29 is 14.3 Å². The van der Waals surface area contributed by atoms with Gasteiger partial charge in [0.15, 0.2) is 0 Å². The summed E-state index contributed by atoms with van der Waals surface area (Å²) in [6.45, 7) is 4.88. The van der Waals surface area contributed by atoms with Gasteiger partial charge in [-0.05, 0) is 38.7 Å². The van der Waals surface area contributed by atoms with E-state index in [0.717, 1.165) is 31.4 Å². The minimum absolute atomic E-state index is 0.0246. The summed E-state index contributed by atoms with van der Waals surface area (Å²) in [5, 5.41) is 5.44. The van der Waals surface area contributed by atoms with E-state index in [2.05, 4.69) is 22.5 Å². The second-order valence-electron chi connectivity index (χ2n) is 6.13. The SMILES string of the molecule is COc1ccc(CNC(=O)N[C@H](C)C(=O)N2CCCC[C@@H]2C)cn1. The van der Waals surface area contributed by atoms with E-state index in [1.807, 2.05) is 11.0 Å². The normalized spacial score (nSPS) is 18.6. The van der Waals surface area contributed by atoms with Gasteiger partial charge in [-0.25, -0.2) is 9.78 Å². The van der Waals surface area contributed by atoms with Crippen molar-refractivity contribution in [1.29, 1.82) is 0 Å². The number of rotatable bonds is 5. The molecule has 0 aliphatic carbocycles. The number of amides is 3. The van der Waals surface area contributed by atoms with Gasteiger partial charge in [0.05, 0.1) is 7.11 Å². The summed E-state index contributed by atoms with van der Waals surface area (Å²) in [5.74, 6) is 0.501. The van der Waals surface area contributed by atoms with Crippen molar-refractivity contribution in [3.63, 3.8) is 0 Å². The van der Waals surface area contributed by atoms with Crippen molar-refractivity contribution in [2.75, 3.05) is 13.7 Å². The quantitative estimate of drug-likeness (QED) is 0.858. The molecule has 0 spiro atoms. The number of pyridine rings is 1. The standard InChI is InChI=1S/C17H26N4O3/c1-12-6-4-5-9-21(12)16(22)13(2)20-17(23)19-11-14-7-8-15(24-3)18-10-14/h7-8,10,12-13H,4-6,9,11H2,1-3H3,(H2,19,20,23)/t12-,13+/m0/s1. The molecule has 2 heterocycles. The number of methoxy groups -OCH3 is 1. The molecule has 7 nitrogen and oxygen atoms in total. The molecular weight excluding hydrogens is 308 g/mol. The molecule has 0 unspecified atom stereocenters. The van der Waals surface area contributed by atoms with E-state index >= 15 is 0 Å². The Labute approximate surface area is 142 Å². The van der Waals surface area contributed by atoms with Gasteiger partial charge in [0.1, 0.15) is 6.04 Å². The lowest BCUT2D eigenvalue weighted by Gasteiger charge is -2.35. The smallest absolute Gasteiger partial charge is 0.315 e. The van der Waals surface area contributed by atoms with E-state index in [1.165, 1.54) is 0 Å². The van der Waals surface area contributed by atoms with E-state index in [-0.39, 0.29) is 18.0 Å². The average Bonchev–Trinajstić information content (AvgIpc) is 2.60. The van der Waals surface area contributed by atoms with Gasteiger partial charge in [0, 0.05) is 31.4 Å². The monoisotopic (exact) mass is 334 g/mol. The summed E-state index contributed by atoms with van der Waals surface area (Å²) in [6, 6.07) is 2.90. The Morgan fingerprint density at radius 1 is 1.42 bits per heavy atom. The Balaban J connectivity index is 1.79. The van der Waals surface area contributed by atoms with Crippen molar-refractivity contribution in [3.8, 4) is 5.88 Å². The Bertz CT molecular complexity index is 561. The first-order valence-electron chi connectivity index (χ1n) is 8.35. The number of ether oxygens (including phenoxy) is 1. The second kappa shape index (κ2) is 8.52. The molecule has 2 atom stereocenters. The highest BCUT2D eigenvalue weighted by Crippen LogP contribution is 2.17. The molecule has 1 aromatic heterocycles. The Morgan fingerprint density at radius 2 is 2.21 bits per heavy atom. The fourth-order valence-electron chi connectivity index (χ4n) is 2.80. The van der Waals surface area contributed by atoms with Gasteiger partial charge in [0.25, 0.3) is 0 Å². The molecular formula is C17H26N4O3. The molecule has 132 valence electrons. The number of hydrogen-bond acceptors (Lipinski definition) is 4.